The van der Waals surface area contributed by atoms with E-state index in [2.05, 4.69) is 20.4 Å². The molecule has 0 unspecified atom stereocenters. The van der Waals surface area contributed by atoms with Crippen molar-refractivity contribution in [2.75, 3.05) is 30.5 Å². The molecule has 1 aliphatic rings. The molecular weight excluding hydrogens is 368 g/mol. The van der Waals surface area contributed by atoms with E-state index in [1.54, 1.807) is 11.9 Å². The molecule has 2 aromatic heterocycles. The van der Waals surface area contributed by atoms with Gasteiger partial charge in [0, 0.05) is 26.2 Å². The Kier molecular flexibility index (Phi) is 4.89. The lowest BCUT2D eigenvalue weighted by molar-refractivity contribution is -0.385. The van der Waals surface area contributed by atoms with Crippen LogP contribution in [0.1, 0.15) is 20.8 Å². The number of nitrogens with one attached hydrogen (secondary N) is 1. The van der Waals surface area contributed by atoms with Crippen molar-refractivity contribution < 1.29 is 14.5 Å². The van der Waals surface area contributed by atoms with Crippen LogP contribution in [0.2, 0.25) is 0 Å². The average Bonchev–Trinajstić information content (AvgIpc) is 2.57. The number of rotatable bonds is 4. The molecule has 0 saturated carbocycles. The van der Waals surface area contributed by atoms with E-state index in [9.17, 15) is 14.9 Å². The molecule has 150 valence electrons. The molecule has 12 nitrogen and oxygen atoms in total. The van der Waals surface area contributed by atoms with Crippen molar-refractivity contribution in [1.82, 2.24) is 19.9 Å². The monoisotopic (exact) mass is 390 g/mol. The Morgan fingerprint density at radius 1 is 1.43 bits per heavy atom. The zero-order chi connectivity index (χ0) is 20.6. The highest BCUT2D eigenvalue weighted by atomic mass is 16.6. The van der Waals surface area contributed by atoms with E-state index in [1.165, 1.54) is 6.07 Å². The van der Waals surface area contributed by atoms with Gasteiger partial charge in [-0.25, -0.2) is 25.6 Å². The van der Waals surface area contributed by atoms with Gasteiger partial charge in [0.25, 0.3) is 5.69 Å². The number of likely N-dealkylation sites (N-methyl/N-ethyl adjacent to an activating group) is 1. The Morgan fingerprint density at radius 2 is 2.11 bits per heavy atom. The third-order valence-electron chi connectivity index (χ3n) is 4.23. The fourth-order valence-corrected chi connectivity index (χ4v) is 2.70. The number of amides is 1. The summed E-state index contributed by atoms with van der Waals surface area (Å²) in [7, 11) is 1.69. The van der Waals surface area contributed by atoms with Crippen molar-refractivity contribution in [3.8, 4) is 0 Å². The fraction of sp³-hybridized carbons (Fsp3) is 0.500. The van der Waals surface area contributed by atoms with E-state index in [0.717, 1.165) is 6.20 Å². The molecule has 1 saturated heterocycles. The number of hydrazine groups is 1. The Bertz CT molecular complexity index is 923. The number of aromatic nitrogens is 3. The van der Waals surface area contributed by atoms with Gasteiger partial charge in [0.15, 0.2) is 17.3 Å². The van der Waals surface area contributed by atoms with Crippen LogP contribution < -0.4 is 16.2 Å². The van der Waals surface area contributed by atoms with Crippen LogP contribution in [0.5, 0.6) is 0 Å². The lowest BCUT2D eigenvalue weighted by Crippen LogP contribution is -2.60. The largest absolute Gasteiger partial charge is 0.444 e. The smallest absolute Gasteiger partial charge is 0.410 e. The van der Waals surface area contributed by atoms with E-state index in [4.69, 9.17) is 10.6 Å². The van der Waals surface area contributed by atoms with Crippen LogP contribution in [0.3, 0.4) is 0 Å². The number of hydrogen-bond acceptors (Lipinski definition) is 10. The van der Waals surface area contributed by atoms with Crippen molar-refractivity contribution in [3.63, 3.8) is 0 Å². The van der Waals surface area contributed by atoms with Gasteiger partial charge in [0.1, 0.15) is 17.3 Å². The molecule has 2 aromatic rings. The molecule has 3 rings (SSSR count). The minimum Gasteiger partial charge on any atom is -0.444 e. The number of carbonyl (C=O) groups excluding carboxylic acids is 1. The second-order valence-corrected chi connectivity index (χ2v) is 7.48. The number of nitrogens with zero attached hydrogens (tertiary/aromatic N) is 6. The number of nitro groups is 1. The van der Waals surface area contributed by atoms with Gasteiger partial charge in [0.2, 0.25) is 0 Å². The summed E-state index contributed by atoms with van der Waals surface area (Å²) in [6.07, 6.45) is 0.735. The third kappa shape index (κ3) is 3.86. The Morgan fingerprint density at radius 3 is 2.68 bits per heavy atom. The first-order valence-electron chi connectivity index (χ1n) is 8.58. The van der Waals surface area contributed by atoms with Crippen LogP contribution in [0, 0.1) is 10.1 Å². The molecule has 1 aliphatic heterocycles. The Labute approximate surface area is 160 Å². The lowest BCUT2D eigenvalue weighted by atomic mass is 10.1. The quantitative estimate of drug-likeness (QED) is 0.443. The first kappa shape index (κ1) is 19.5. The maximum absolute atomic E-state index is 12.2. The summed E-state index contributed by atoms with van der Waals surface area (Å²) in [6, 6.07) is 1.23. The molecule has 0 bridgehead atoms. The number of anilines is 2. The maximum atomic E-state index is 12.2. The standard InChI is InChI=1S/C16H22N8O4/c1-16(2,3)28-15(25)22(4)10-7-23(8-10)14-13(21-17)19-11-5-9(24(26)27)6-18-12(11)20-14/h5-6,10H,7-8,17H2,1-4H3,(H,19,21). The predicted molar refractivity (Wildman–Crippen MR) is 102 cm³/mol. The first-order chi connectivity index (χ1) is 13.1. The highest BCUT2D eigenvalue weighted by Gasteiger charge is 2.36. The molecule has 28 heavy (non-hydrogen) atoms. The first-order valence-corrected chi connectivity index (χ1v) is 8.58. The number of ether oxygens (including phenoxy) is 1. The number of pyridine rings is 1. The van der Waals surface area contributed by atoms with Crippen LogP contribution in [0.4, 0.5) is 22.1 Å². The van der Waals surface area contributed by atoms with Crippen molar-refractivity contribution in [2.24, 2.45) is 5.84 Å². The average molecular weight is 390 g/mol. The van der Waals surface area contributed by atoms with Gasteiger partial charge in [-0.15, -0.1) is 0 Å². The topological polar surface area (TPSA) is 153 Å². The van der Waals surface area contributed by atoms with Crippen molar-refractivity contribution >= 4 is 34.6 Å². The molecule has 1 fully saturated rings. The van der Waals surface area contributed by atoms with Gasteiger partial charge >= 0.3 is 6.09 Å². The normalized spacial score (nSPS) is 14.5. The highest BCUT2D eigenvalue weighted by molar-refractivity contribution is 5.79. The van der Waals surface area contributed by atoms with Gasteiger partial charge in [-0.3, -0.25) is 10.1 Å². The molecule has 3 heterocycles. The summed E-state index contributed by atoms with van der Waals surface area (Å²) in [5, 5.41) is 10.9. The molecule has 0 aromatic carbocycles. The molecule has 0 aliphatic carbocycles. The molecule has 1 amide bonds. The van der Waals surface area contributed by atoms with Crippen LogP contribution in [-0.4, -0.2) is 62.6 Å². The minimum atomic E-state index is -0.566. The Balaban J connectivity index is 1.77. The molecule has 3 N–H and O–H groups in total. The van der Waals surface area contributed by atoms with Crippen molar-refractivity contribution in [1.29, 1.82) is 0 Å². The second kappa shape index (κ2) is 7.03. The third-order valence-corrected chi connectivity index (χ3v) is 4.23. The van der Waals surface area contributed by atoms with Gasteiger partial charge < -0.3 is 20.0 Å². The second-order valence-electron chi connectivity index (χ2n) is 7.48. The number of fused-ring (bicyclic) bond motifs is 1. The maximum Gasteiger partial charge on any atom is 0.410 e. The number of hydrogen-bond donors (Lipinski definition) is 2. The zero-order valence-electron chi connectivity index (χ0n) is 16.0. The van der Waals surface area contributed by atoms with Crippen molar-refractivity contribution in [2.45, 2.75) is 32.4 Å². The van der Waals surface area contributed by atoms with Crippen molar-refractivity contribution in [3.05, 3.63) is 22.4 Å². The van der Waals surface area contributed by atoms with Crippen LogP contribution in [0.15, 0.2) is 12.3 Å². The SMILES string of the molecule is CN(C(=O)OC(C)(C)C)C1CN(c2nc3ncc([N+](=O)[O-])cc3nc2NN)C1. The lowest BCUT2D eigenvalue weighted by Gasteiger charge is -2.44. The molecular formula is C16H22N8O4. The van der Waals surface area contributed by atoms with Gasteiger partial charge in [-0.05, 0) is 20.8 Å². The van der Waals surface area contributed by atoms with Crippen LogP contribution >= 0.6 is 0 Å². The summed E-state index contributed by atoms with van der Waals surface area (Å²) in [4.78, 5) is 38.7. The van der Waals surface area contributed by atoms with E-state index in [0.29, 0.717) is 18.9 Å². The van der Waals surface area contributed by atoms with Gasteiger partial charge in [-0.2, -0.15) is 0 Å². The molecule has 0 radical (unpaired) electrons. The molecule has 12 heteroatoms. The summed E-state index contributed by atoms with van der Waals surface area (Å²) < 4.78 is 5.37. The van der Waals surface area contributed by atoms with Crippen LogP contribution in [-0.2, 0) is 4.74 Å². The summed E-state index contributed by atoms with van der Waals surface area (Å²) >= 11 is 0. The van der Waals surface area contributed by atoms with Crippen LogP contribution in [0.25, 0.3) is 11.2 Å². The minimum absolute atomic E-state index is 0.0530. The van der Waals surface area contributed by atoms with E-state index in [1.807, 2.05) is 25.7 Å². The summed E-state index contributed by atoms with van der Waals surface area (Å²) in [5.41, 5.74) is 2.24. The van der Waals surface area contributed by atoms with Gasteiger partial charge in [0.05, 0.1) is 11.0 Å². The van der Waals surface area contributed by atoms with Gasteiger partial charge in [-0.1, -0.05) is 0 Å². The van der Waals surface area contributed by atoms with E-state index in [-0.39, 0.29) is 28.7 Å². The molecule has 0 spiro atoms. The predicted octanol–water partition coefficient (Wildman–Crippen LogP) is 1.27. The number of nitrogen functional groups attached to an aromatic ring is 1. The van der Waals surface area contributed by atoms with E-state index < -0.39 is 16.6 Å². The number of nitrogens with two attached hydrogens (primary N) is 1. The molecule has 0 atom stereocenters. The zero-order valence-corrected chi connectivity index (χ0v) is 16.0. The number of carbonyl (C=O) groups is 1. The van der Waals surface area contributed by atoms with E-state index >= 15 is 0 Å². The summed E-state index contributed by atoms with van der Waals surface area (Å²) in [6.45, 7) is 6.46. The summed E-state index contributed by atoms with van der Waals surface area (Å²) in [5.74, 6) is 6.28. The fourth-order valence-electron chi connectivity index (χ4n) is 2.70. The highest BCUT2D eigenvalue weighted by Crippen LogP contribution is 2.30. The Hall–Kier alpha value is -3.28.